The van der Waals surface area contributed by atoms with Gasteiger partial charge in [0, 0.05) is 12.2 Å². The van der Waals surface area contributed by atoms with Crippen molar-refractivity contribution < 1.29 is 9.18 Å². The smallest absolute Gasteiger partial charge is 0.282 e. The molecule has 5 nitrogen and oxygen atoms in total. The van der Waals surface area contributed by atoms with Crippen LogP contribution in [0.3, 0.4) is 0 Å². The number of benzene rings is 2. The number of hydrogen-bond acceptors (Lipinski definition) is 3. The highest BCUT2D eigenvalue weighted by Crippen LogP contribution is 2.18. The molecular weight excluding hydrogens is 333 g/mol. The number of carbonyl (C=O) groups is 1. The Morgan fingerprint density at radius 3 is 2.46 bits per heavy atom. The van der Waals surface area contributed by atoms with Crippen LogP contribution in [0.4, 0.5) is 10.1 Å². The lowest BCUT2D eigenvalue weighted by Crippen LogP contribution is -2.31. The summed E-state index contributed by atoms with van der Waals surface area (Å²) in [6.07, 6.45) is 0. The van der Waals surface area contributed by atoms with Crippen LogP contribution in [-0.2, 0) is 6.54 Å². The molecule has 1 heterocycles. The van der Waals surface area contributed by atoms with Gasteiger partial charge in [0.25, 0.3) is 11.5 Å². The van der Waals surface area contributed by atoms with Crippen LogP contribution in [0, 0.1) is 26.6 Å². The first-order chi connectivity index (χ1) is 12.3. The van der Waals surface area contributed by atoms with Crippen molar-refractivity contribution in [3.05, 3.63) is 68.9 Å². The van der Waals surface area contributed by atoms with Crippen LogP contribution in [0.25, 0.3) is 11.0 Å². The number of carbonyl (C=O) groups excluding carboxylic acids is 1. The van der Waals surface area contributed by atoms with Crippen LogP contribution in [0.1, 0.15) is 34.1 Å². The van der Waals surface area contributed by atoms with Gasteiger partial charge < -0.3 is 9.88 Å². The fourth-order valence-electron chi connectivity index (χ4n) is 2.82. The molecule has 3 aromatic rings. The number of nitrogens with zero attached hydrogens (tertiary/aromatic N) is 2. The standard InChI is InChI=1S/C20H20FN3O2/c1-5-24-17-9-13(4)12(3)8-16(17)23-18(20(24)26)19(25)22-14-7-6-11(2)15(21)10-14/h6-10H,5H2,1-4H3,(H,22,25). The minimum Gasteiger partial charge on any atom is -0.320 e. The molecule has 0 unspecified atom stereocenters. The predicted octanol–water partition coefficient (Wildman–Crippen LogP) is 3.73. The van der Waals surface area contributed by atoms with E-state index in [1.165, 1.54) is 10.6 Å². The van der Waals surface area contributed by atoms with Gasteiger partial charge in [-0.15, -0.1) is 0 Å². The molecule has 0 aliphatic carbocycles. The second-order valence-corrected chi connectivity index (χ2v) is 6.35. The van der Waals surface area contributed by atoms with Crippen molar-refractivity contribution in [2.24, 2.45) is 0 Å². The molecule has 0 aliphatic heterocycles. The van der Waals surface area contributed by atoms with Gasteiger partial charge >= 0.3 is 0 Å². The highest BCUT2D eigenvalue weighted by molar-refractivity contribution is 6.03. The van der Waals surface area contributed by atoms with E-state index in [4.69, 9.17) is 0 Å². The van der Waals surface area contributed by atoms with Crippen LogP contribution in [-0.4, -0.2) is 15.5 Å². The number of aryl methyl sites for hydroxylation is 4. The van der Waals surface area contributed by atoms with E-state index in [0.717, 1.165) is 11.1 Å². The first kappa shape index (κ1) is 17.8. The fraction of sp³-hybridized carbons (Fsp3) is 0.250. The Hall–Kier alpha value is -3.02. The summed E-state index contributed by atoms with van der Waals surface area (Å²) in [5.41, 5.74) is 3.44. The maximum absolute atomic E-state index is 13.7. The van der Waals surface area contributed by atoms with Crippen LogP contribution >= 0.6 is 0 Å². The van der Waals surface area contributed by atoms with Gasteiger partial charge in [-0.05, 0) is 68.7 Å². The van der Waals surface area contributed by atoms with E-state index >= 15 is 0 Å². The Balaban J connectivity index is 2.10. The summed E-state index contributed by atoms with van der Waals surface area (Å²) in [6.45, 7) is 7.81. The van der Waals surface area contributed by atoms with Gasteiger partial charge in [-0.25, -0.2) is 9.37 Å². The number of fused-ring (bicyclic) bond motifs is 1. The quantitative estimate of drug-likeness (QED) is 0.780. The monoisotopic (exact) mass is 353 g/mol. The van der Waals surface area contributed by atoms with E-state index in [9.17, 15) is 14.0 Å². The van der Waals surface area contributed by atoms with Crippen molar-refractivity contribution in [3.63, 3.8) is 0 Å². The van der Waals surface area contributed by atoms with Crippen molar-refractivity contribution in [1.29, 1.82) is 0 Å². The van der Waals surface area contributed by atoms with E-state index in [1.807, 2.05) is 32.9 Å². The summed E-state index contributed by atoms with van der Waals surface area (Å²) in [5.74, 6) is -1.08. The van der Waals surface area contributed by atoms with Crippen molar-refractivity contribution in [1.82, 2.24) is 9.55 Å². The molecule has 3 rings (SSSR count). The Labute approximate surface area is 150 Å². The van der Waals surface area contributed by atoms with Gasteiger partial charge in [0.1, 0.15) is 5.82 Å². The number of anilines is 1. The number of amides is 1. The molecule has 0 atom stereocenters. The zero-order chi connectivity index (χ0) is 19.0. The van der Waals surface area contributed by atoms with Gasteiger partial charge in [0.05, 0.1) is 11.0 Å². The lowest BCUT2D eigenvalue weighted by atomic mass is 10.1. The molecule has 0 spiro atoms. The molecule has 1 N–H and O–H groups in total. The number of rotatable bonds is 3. The Bertz CT molecular complexity index is 1090. The predicted molar refractivity (Wildman–Crippen MR) is 100 cm³/mol. The lowest BCUT2D eigenvalue weighted by Gasteiger charge is -2.12. The minimum atomic E-state index is -0.652. The molecule has 26 heavy (non-hydrogen) atoms. The van der Waals surface area contributed by atoms with Crippen LogP contribution in [0.5, 0.6) is 0 Å². The zero-order valence-corrected chi connectivity index (χ0v) is 15.2. The van der Waals surface area contributed by atoms with Gasteiger partial charge in [-0.3, -0.25) is 9.59 Å². The summed E-state index contributed by atoms with van der Waals surface area (Å²) in [4.78, 5) is 29.6. The second-order valence-electron chi connectivity index (χ2n) is 6.35. The summed E-state index contributed by atoms with van der Waals surface area (Å²) in [5, 5.41) is 2.55. The second kappa shape index (κ2) is 6.71. The first-order valence-electron chi connectivity index (χ1n) is 8.41. The van der Waals surface area contributed by atoms with E-state index < -0.39 is 17.3 Å². The summed E-state index contributed by atoms with van der Waals surface area (Å²) < 4.78 is 15.2. The van der Waals surface area contributed by atoms with E-state index in [1.54, 1.807) is 19.1 Å². The van der Waals surface area contributed by atoms with E-state index in [2.05, 4.69) is 10.3 Å². The van der Waals surface area contributed by atoms with Gasteiger partial charge in [0.2, 0.25) is 0 Å². The largest absolute Gasteiger partial charge is 0.320 e. The Morgan fingerprint density at radius 1 is 1.12 bits per heavy atom. The number of aromatic nitrogens is 2. The highest BCUT2D eigenvalue weighted by atomic mass is 19.1. The average Bonchev–Trinajstić information content (AvgIpc) is 2.59. The number of halogens is 1. The molecule has 2 aromatic carbocycles. The van der Waals surface area contributed by atoms with Crippen LogP contribution < -0.4 is 10.9 Å². The molecular formula is C20H20FN3O2. The third-order valence-electron chi connectivity index (χ3n) is 4.52. The normalized spacial score (nSPS) is 11.0. The lowest BCUT2D eigenvalue weighted by molar-refractivity contribution is 0.102. The zero-order valence-electron chi connectivity index (χ0n) is 15.2. The van der Waals surface area contributed by atoms with Crippen molar-refractivity contribution in [2.75, 3.05) is 5.32 Å². The maximum Gasteiger partial charge on any atom is 0.282 e. The molecule has 1 amide bonds. The maximum atomic E-state index is 13.7. The molecule has 0 bridgehead atoms. The number of hydrogen-bond donors (Lipinski definition) is 1. The number of nitrogens with one attached hydrogen (secondary N) is 1. The molecule has 0 fully saturated rings. The third kappa shape index (κ3) is 3.10. The van der Waals surface area contributed by atoms with Crippen molar-refractivity contribution in [2.45, 2.75) is 34.2 Å². The van der Waals surface area contributed by atoms with Gasteiger partial charge in [-0.1, -0.05) is 6.07 Å². The van der Waals surface area contributed by atoms with E-state index in [0.29, 0.717) is 23.1 Å². The molecule has 0 aliphatic rings. The SMILES string of the molecule is CCn1c(=O)c(C(=O)Nc2ccc(C)c(F)c2)nc2cc(C)c(C)cc21. The average molecular weight is 353 g/mol. The van der Waals surface area contributed by atoms with Gasteiger partial charge in [-0.2, -0.15) is 0 Å². The van der Waals surface area contributed by atoms with Crippen LogP contribution in [0.15, 0.2) is 35.1 Å². The molecule has 6 heteroatoms. The van der Waals surface area contributed by atoms with Crippen LogP contribution in [0.2, 0.25) is 0 Å². The molecule has 0 saturated heterocycles. The fourth-order valence-corrected chi connectivity index (χ4v) is 2.82. The molecule has 1 aromatic heterocycles. The first-order valence-corrected chi connectivity index (χ1v) is 8.41. The topological polar surface area (TPSA) is 64.0 Å². The van der Waals surface area contributed by atoms with Crippen molar-refractivity contribution in [3.8, 4) is 0 Å². The molecule has 0 saturated carbocycles. The summed E-state index contributed by atoms with van der Waals surface area (Å²) in [7, 11) is 0. The van der Waals surface area contributed by atoms with Gasteiger partial charge in [0.15, 0.2) is 5.69 Å². The van der Waals surface area contributed by atoms with Crippen molar-refractivity contribution >= 4 is 22.6 Å². The molecule has 0 radical (unpaired) electrons. The minimum absolute atomic E-state index is 0.205. The Morgan fingerprint density at radius 2 is 1.81 bits per heavy atom. The van der Waals surface area contributed by atoms with E-state index in [-0.39, 0.29) is 11.4 Å². The third-order valence-corrected chi connectivity index (χ3v) is 4.52. The summed E-state index contributed by atoms with van der Waals surface area (Å²) in [6, 6.07) is 8.14. The highest BCUT2D eigenvalue weighted by Gasteiger charge is 2.18. The summed E-state index contributed by atoms with van der Waals surface area (Å²) >= 11 is 0. The Kier molecular flexibility index (Phi) is 4.59. The molecule has 134 valence electrons.